The topological polar surface area (TPSA) is 24.5 Å². The van der Waals surface area contributed by atoms with E-state index in [1.807, 2.05) is 0 Å². The number of nitrogens with zero attached hydrogens (tertiary/aromatic N) is 1. The van der Waals surface area contributed by atoms with E-state index in [9.17, 15) is 0 Å². The van der Waals surface area contributed by atoms with Gasteiger partial charge in [0.2, 0.25) is 0 Å². The molecule has 0 radical (unpaired) electrons. The van der Waals surface area contributed by atoms with Crippen molar-refractivity contribution in [2.75, 3.05) is 33.3 Å². The predicted octanol–water partition coefficient (Wildman–Crippen LogP) is 2.91. The molecule has 1 aliphatic rings. The summed E-state index contributed by atoms with van der Waals surface area (Å²) in [4.78, 5) is 2.41. The van der Waals surface area contributed by atoms with E-state index in [4.69, 9.17) is 4.74 Å². The van der Waals surface area contributed by atoms with Crippen LogP contribution in [0.15, 0.2) is 24.3 Å². The number of hydrogen-bond acceptors (Lipinski definition) is 3. The molecule has 1 aliphatic heterocycles. The molecule has 1 fully saturated rings. The first-order valence-electron chi connectivity index (χ1n) is 7.89. The zero-order chi connectivity index (χ0) is 14.2. The first-order chi connectivity index (χ1) is 9.78. The summed E-state index contributed by atoms with van der Waals surface area (Å²) in [5, 5.41) is 3.57. The molecule has 1 N–H and O–H groups in total. The van der Waals surface area contributed by atoms with Crippen LogP contribution in [0.3, 0.4) is 0 Å². The van der Waals surface area contributed by atoms with E-state index >= 15 is 0 Å². The molecular weight excluding hydrogens is 248 g/mol. The van der Waals surface area contributed by atoms with Crippen molar-refractivity contribution >= 4 is 0 Å². The molecule has 112 valence electrons. The summed E-state index contributed by atoms with van der Waals surface area (Å²) in [5.74, 6) is 1.80. The zero-order valence-electron chi connectivity index (χ0n) is 12.9. The standard InChI is InChI=1S/C17H28N2O/c1-3-4-11-20-17-7-5-15(6-8-17)12-18-13-16-9-10-19(2)14-16/h5-8,16,18H,3-4,9-14H2,1-2H3. The molecule has 20 heavy (non-hydrogen) atoms. The maximum Gasteiger partial charge on any atom is 0.119 e. The molecule has 1 atom stereocenters. The van der Waals surface area contributed by atoms with Gasteiger partial charge in [0.1, 0.15) is 5.75 Å². The molecule has 0 aliphatic carbocycles. The van der Waals surface area contributed by atoms with Gasteiger partial charge in [-0.25, -0.2) is 0 Å². The predicted molar refractivity (Wildman–Crippen MR) is 84.2 cm³/mol. The second-order valence-corrected chi connectivity index (χ2v) is 5.89. The van der Waals surface area contributed by atoms with Gasteiger partial charge < -0.3 is 15.0 Å². The fourth-order valence-electron chi connectivity index (χ4n) is 2.65. The Morgan fingerprint density at radius 1 is 1.30 bits per heavy atom. The summed E-state index contributed by atoms with van der Waals surface area (Å²) in [7, 11) is 2.21. The van der Waals surface area contributed by atoms with E-state index in [0.29, 0.717) is 0 Å². The quantitative estimate of drug-likeness (QED) is 0.739. The minimum absolute atomic E-state index is 0.816. The van der Waals surface area contributed by atoms with Gasteiger partial charge in [0.15, 0.2) is 0 Å². The number of unbranched alkanes of at least 4 members (excludes halogenated alkanes) is 1. The average molecular weight is 276 g/mol. The molecule has 1 saturated heterocycles. The Kier molecular flexibility index (Phi) is 6.34. The van der Waals surface area contributed by atoms with E-state index in [-0.39, 0.29) is 0 Å². The lowest BCUT2D eigenvalue weighted by atomic mass is 10.1. The number of rotatable bonds is 8. The van der Waals surface area contributed by atoms with Crippen LogP contribution >= 0.6 is 0 Å². The molecule has 1 heterocycles. The Bertz CT molecular complexity index is 377. The van der Waals surface area contributed by atoms with Crippen molar-refractivity contribution in [1.82, 2.24) is 10.2 Å². The number of nitrogens with one attached hydrogen (secondary N) is 1. The fourth-order valence-corrected chi connectivity index (χ4v) is 2.65. The Hall–Kier alpha value is -1.06. The molecule has 1 aromatic carbocycles. The summed E-state index contributed by atoms with van der Waals surface area (Å²) in [6.45, 7) is 7.56. The van der Waals surface area contributed by atoms with Crippen LogP contribution in [-0.2, 0) is 6.54 Å². The lowest BCUT2D eigenvalue weighted by Crippen LogP contribution is -2.24. The Balaban J connectivity index is 1.65. The van der Waals surface area contributed by atoms with Crippen LogP contribution < -0.4 is 10.1 Å². The van der Waals surface area contributed by atoms with E-state index in [2.05, 4.69) is 48.5 Å². The third kappa shape index (κ3) is 5.14. The van der Waals surface area contributed by atoms with E-state index in [0.717, 1.165) is 37.8 Å². The Morgan fingerprint density at radius 2 is 2.10 bits per heavy atom. The molecule has 3 heteroatoms. The third-order valence-corrected chi connectivity index (χ3v) is 3.94. The number of hydrogen-bond donors (Lipinski definition) is 1. The van der Waals surface area contributed by atoms with E-state index in [1.54, 1.807) is 0 Å². The van der Waals surface area contributed by atoms with Crippen molar-refractivity contribution in [3.8, 4) is 5.75 Å². The molecule has 0 bridgehead atoms. The van der Waals surface area contributed by atoms with Crippen molar-refractivity contribution in [3.63, 3.8) is 0 Å². The molecule has 1 unspecified atom stereocenters. The van der Waals surface area contributed by atoms with Gasteiger partial charge in [-0.3, -0.25) is 0 Å². The van der Waals surface area contributed by atoms with E-state index in [1.165, 1.54) is 31.5 Å². The number of ether oxygens (including phenoxy) is 1. The summed E-state index contributed by atoms with van der Waals surface area (Å²) in [5.41, 5.74) is 1.33. The highest BCUT2D eigenvalue weighted by Gasteiger charge is 2.18. The molecule has 0 amide bonds. The SMILES string of the molecule is CCCCOc1ccc(CNCC2CCN(C)C2)cc1. The first-order valence-corrected chi connectivity index (χ1v) is 7.89. The molecular formula is C17H28N2O. The van der Waals surface area contributed by atoms with Crippen LogP contribution in [0.2, 0.25) is 0 Å². The van der Waals surface area contributed by atoms with Crippen LogP contribution in [0.25, 0.3) is 0 Å². The van der Waals surface area contributed by atoms with Gasteiger partial charge in [0.25, 0.3) is 0 Å². The number of likely N-dealkylation sites (tertiary alicyclic amines) is 1. The van der Waals surface area contributed by atoms with Gasteiger partial charge in [-0.15, -0.1) is 0 Å². The lowest BCUT2D eigenvalue weighted by Gasteiger charge is -2.12. The van der Waals surface area contributed by atoms with Gasteiger partial charge in [0.05, 0.1) is 6.61 Å². The van der Waals surface area contributed by atoms with Gasteiger partial charge in [-0.2, -0.15) is 0 Å². The van der Waals surface area contributed by atoms with Crippen molar-refractivity contribution < 1.29 is 4.74 Å². The van der Waals surface area contributed by atoms with Gasteiger partial charge in [-0.1, -0.05) is 25.5 Å². The highest BCUT2D eigenvalue weighted by atomic mass is 16.5. The van der Waals surface area contributed by atoms with Gasteiger partial charge in [0, 0.05) is 13.1 Å². The minimum atomic E-state index is 0.816. The summed E-state index contributed by atoms with van der Waals surface area (Å²) < 4.78 is 5.67. The molecule has 0 spiro atoms. The molecule has 2 rings (SSSR count). The normalized spacial score (nSPS) is 19.4. The van der Waals surface area contributed by atoms with Crippen molar-refractivity contribution in [2.45, 2.75) is 32.7 Å². The summed E-state index contributed by atoms with van der Waals surface area (Å²) in [6.07, 6.45) is 3.63. The zero-order valence-corrected chi connectivity index (χ0v) is 12.9. The van der Waals surface area contributed by atoms with Crippen LogP contribution in [0.5, 0.6) is 5.75 Å². The summed E-state index contributed by atoms with van der Waals surface area (Å²) >= 11 is 0. The van der Waals surface area contributed by atoms with Crippen molar-refractivity contribution in [2.24, 2.45) is 5.92 Å². The second-order valence-electron chi connectivity index (χ2n) is 5.89. The minimum Gasteiger partial charge on any atom is -0.494 e. The highest BCUT2D eigenvalue weighted by molar-refractivity contribution is 5.27. The lowest BCUT2D eigenvalue weighted by molar-refractivity contribution is 0.309. The van der Waals surface area contributed by atoms with Crippen molar-refractivity contribution in [3.05, 3.63) is 29.8 Å². The van der Waals surface area contributed by atoms with Crippen LogP contribution in [0.4, 0.5) is 0 Å². The molecule has 3 nitrogen and oxygen atoms in total. The fraction of sp³-hybridized carbons (Fsp3) is 0.647. The summed E-state index contributed by atoms with van der Waals surface area (Å²) in [6, 6.07) is 8.48. The monoisotopic (exact) mass is 276 g/mol. The van der Waals surface area contributed by atoms with Gasteiger partial charge >= 0.3 is 0 Å². The third-order valence-electron chi connectivity index (χ3n) is 3.94. The first kappa shape index (κ1) is 15.3. The van der Waals surface area contributed by atoms with E-state index < -0.39 is 0 Å². The Morgan fingerprint density at radius 3 is 2.75 bits per heavy atom. The maximum absolute atomic E-state index is 5.67. The molecule has 0 saturated carbocycles. The Labute approximate surface area is 123 Å². The van der Waals surface area contributed by atoms with Crippen LogP contribution in [0, 0.1) is 5.92 Å². The number of benzene rings is 1. The van der Waals surface area contributed by atoms with Gasteiger partial charge in [-0.05, 0) is 56.6 Å². The largest absolute Gasteiger partial charge is 0.494 e. The smallest absolute Gasteiger partial charge is 0.119 e. The van der Waals surface area contributed by atoms with Crippen LogP contribution in [0.1, 0.15) is 31.7 Å². The molecule has 0 aromatic heterocycles. The highest BCUT2D eigenvalue weighted by Crippen LogP contribution is 2.14. The van der Waals surface area contributed by atoms with Crippen LogP contribution in [-0.4, -0.2) is 38.2 Å². The molecule has 1 aromatic rings. The van der Waals surface area contributed by atoms with Crippen molar-refractivity contribution in [1.29, 1.82) is 0 Å². The maximum atomic E-state index is 5.67. The second kappa shape index (κ2) is 8.28. The average Bonchev–Trinajstić information content (AvgIpc) is 2.87.